The third kappa shape index (κ3) is 1.80. The number of hydrogen-bond acceptors (Lipinski definition) is 2. The van der Waals surface area contributed by atoms with Gasteiger partial charge in [-0.05, 0) is 36.2 Å². The number of aromatic amines is 1. The number of benzene rings is 1. The van der Waals surface area contributed by atoms with Crippen molar-refractivity contribution in [1.29, 1.82) is 0 Å². The number of H-pyrrole nitrogens is 1. The van der Waals surface area contributed by atoms with Gasteiger partial charge in [-0.2, -0.15) is 5.10 Å². The van der Waals surface area contributed by atoms with E-state index in [9.17, 15) is 0 Å². The van der Waals surface area contributed by atoms with Crippen LogP contribution in [0.4, 0.5) is 0 Å². The molecule has 0 amide bonds. The molecule has 0 spiro atoms. The van der Waals surface area contributed by atoms with Gasteiger partial charge in [0.15, 0.2) is 4.77 Å². The molecule has 0 atom stereocenters. The van der Waals surface area contributed by atoms with E-state index in [1.54, 1.807) is 6.33 Å². The Morgan fingerprint density at radius 1 is 1.25 bits per heavy atom. The zero-order chi connectivity index (χ0) is 11.5. The molecule has 0 aliphatic heterocycles. The quantitative estimate of drug-likeness (QED) is 0.827. The minimum atomic E-state index is 0.649. The van der Waals surface area contributed by atoms with Crippen molar-refractivity contribution < 1.29 is 0 Å². The van der Waals surface area contributed by atoms with Crippen LogP contribution in [0.2, 0.25) is 0 Å². The minimum absolute atomic E-state index is 0.649. The lowest BCUT2D eigenvalue weighted by atomic mass is 10.0. The van der Waals surface area contributed by atoms with Crippen LogP contribution in [0.5, 0.6) is 0 Å². The van der Waals surface area contributed by atoms with Gasteiger partial charge in [-0.15, -0.1) is 0 Å². The standard InChI is InChI=1S/C12H15N3S/c1-3-9-6-5-7-10(4-2)11(9)15-8-13-14-12(15)16/h5-8H,3-4H2,1-2H3,(H,14,16). The summed E-state index contributed by atoms with van der Waals surface area (Å²) in [4.78, 5) is 0. The molecule has 3 nitrogen and oxygen atoms in total. The van der Waals surface area contributed by atoms with E-state index in [1.807, 2.05) is 4.57 Å². The van der Waals surface area contributed by atoms with E-state index >= 15 is 0 Å². The molecule has 0 unspecified atom stereocenters. The van der Waals surface area contributed by atoms with E-state index in [0.717, 1.165) is 12.8 Å². The molecule has 0 saturated carbocycles. The number of nitrogens with one attached hydrogen (secondary N) is 1. The number of para-hydroxylation sites is 1. The molecule has 1 heterocycles. The molecule has 0 saturated heterocycles. The van der Waals surface area contributed by atoms with Crippen molar-refractivity contribution in [3.63, 3.8) is 0 Å². The predicted molar refractivity (Wildman–Crippen MR) is 67.5 cm³/mol. The molecule has 0 aliphatic carbocycles. The second-order valence-electron chi connectivity index (χ2n) is 3.66. The van der Waals surface area contributed by atoms with Gasteiger partial charge in [-0.1, -0.05) is 32.0 Å². The number of nitrogens with zero attached hydrogens (tertiary/aromatic N) is 2. The molecule has 84 valence electrons. The molecule has 1 N–H and O–H groups in total. The van der Waals surface area contributed by atoms with Gasteiger partial charge >= 0.3 is 0 Å². The average molecular weight is 233 g/mol. The Morgan fingerprint density at radius 3 is 2.31 bits per heavy atom. The van der Waals surface area contributed by atoms with E-state index < -0.39 is 0 Å². The third-order valence-electron chi connectivity index (χ3n) is 2.76. The van der Waals surface area contributed by atoms with Gasteiger partial charge in [0.2, 0.25) is 0 Å². The van der Waals surface area contributed by atoms with Crippen molar-refractivity contribution in [2.45, 2.75) is 26.7 Å². The van der Waals surface area contributed by atoms with Gasteiger partial charge in [0.05, 0.1) is 5.69 Å². The van der Waals surface area contributed by atoms with E-state index in [1.165, 1.54) is 16.8 Å². The highest BCUT2D eigenvalue weighted by molar-refractivity contribution is 7.71. The Balaban J connectivity index is 2.71. The summed E-state index contributed by atoms with van der Waals surface area (Å²) in [6.45, 7) is 4.31. The smallest absolute Gasteiger partial charge is 0.199 e. The molecule has 0 fully saturated rings. The summed E-state index contributed by atoms with van der Waals surface area (Å²) in [5, 5.41) is 6.78. The molecule has 4 heteroatoms. The average Bonchev–Trinajstić information content (AvgIpc) is 2.74. The van der Waals surface area contributed by atoms with Crippen LogP contribution in [-0.2, 0) is 12.8 Å². The van der Waals surface area contributed by atoms with Crippen molar-refractivity contribution in [3.8, 4) is 5.69 Å². The van der Waals surface area contributed by atoms with Gasteiger partial charge in [-0.25, -0.2) is 0 Å². The molecule has 0 radical (unpaired) electrons. The first-order valence-corrected chi connectivity index (χ1v) is 5.91. The van der Waals surface area contributed by atoms with E-state index in [-0.39, 0.29) is 0 Å². The first kappa shape index (κ1) is 11.1. The van der Waals surface area contributed by atoms with E-state index in [2.05, 4.69) is 42.2 Å². The molecule has 0 bridgehead atoms. The van der Waals surface area contributed by atoms with Crippen LogP contribution < -0.4 is 0 Å². The summed E-state index contributed by atoms with van der Waals surface area (Å²) in [7, 11) is 0. The second-order valence-corrected chi connectivity index (χ2v) is 4.05. The van der Waals surface area contributed by atoms with Crippen LogP contribution in [0, 0.1) is 4.77 Å². The number of aromatic nitrogens is 3. The highest BCUT2D eigenvalue weighted by atomic mass is 32.1. The van der Waals surface area contributed by atoms with Gasteiger partial charge in [-0.3, -0.25) is 9.67 Å². The molecular formula is C12H15N3S. The summed E-state index contributed by atoms with van der Waals surface area (Å²) in [5.41, 5.74) is 3.79. The molecule has 2 rings (SSSR count). The number of rotatable bonds is 3. The Hall–Kier alpha value is -1.42. The fourth-order valence-corrected chi connectivity index (χ4v) is 2.12. The predicted octanol–water partition coefficient (Wildman–Crippen LogP) is 3.05. The highest BCUT2D eigenvalue weighted by Gasteiger charge is 2.08. The van der Waals surface area contributed by atoms with Crippen LogP contribution in [0.25, 0.3) is 5.69 Å². The first-order chi connectivity index (χ1) is 7.77. The maximum atomic E-state index is 5.23. The molecule has 0 aliphatic rings. The zero-order valence-corrected chi connectivity index (χ0v) is 10.3. The molecule has 1 aromatic heterocycles. The molecule has 16 heavy (non-hydrogen) atoms. The van der Waals surface area contributed by atoms with E-state index in [0.29, 0.717) is 4.77 Å². The van der Waals surface area contributed by atoms with E-state index in [4.69, 9.17) is 12.2 Å². The van der Waals surface area contributed by atoms with Crippen LogP contribution in [-0.4, -0.2) is 14.8 Å². The SMILES string of the molecule is CCc1cccc(CC)c1-n1cn[nH]c1=S. The summed E-state index contributed by atoms with van der Waals surface area (Å²) in [5.74, 6) is 0. The molecule has 1 aromatic carbocycles. The van der Waals surface area contributed by atoms with Crippen LogP contribution in [0.15, 0.2) is 24.5 Å². The van der Waals surface area contributed by atoms with Crippen molar-refractivity contribution >= 4 is 12.2 Å². The van der Waals surface area contributed by atoms with Gasteiger partial charge in [0.25, 0.3) is 0 Å². The van der Waals surface area contributed by atoms with Crippen molar-refractivity contribution in [2.24, 2.45) is 0 Å². The lowest BCUT2D eigenvalue weighted by Gasteiger charge is -2.12. The fraction of sp³-hybridized carbons (Fsp3) is 0.333. The lowest BCUT2D eigenvalue weighted by Crippen LogP contribution is -2.02. The lowest BCUT2D eigenvalue weighted by molar-refractivity contribution is 0.949. The Labute approximate surface area is 100 Å². The first-order valence-electron chi connectivity index (χ1n) is 5.51. The Morgan fingerprint density at radius 2 is 1.88 bits per heavy atom. The molecule has 2 aromatic rings. The highest BCUT2D eigenvalue weighted by Crippen LogP contribution is 2.21. The largest absolute Gasteiger partial charge is 0.274 e. The number of hydrogen-bond donors (Lipinski definition) is 1. The number of aryl methyl sites for hydroxylation is 2. The summed E-state index contributed by atoms with van der Waals surface area (Å²) < 4.78 is 2.60. The van der Waals surface area contributed by atoms with Crippen LogP contribution >= 0.6 is 12.2 Å². The monoisotopic (exact) mass is 233 g/mol. The van der Waals surface area contributed by atoms with Gasteiger partial charge < -0.3 is 0 Å². The maximum Gasteiger partial charge on any atom is 0.199 e. The second kappa shape index (κ2) is 4.61. The zero-order valence-electron chi connectivity index (χ0n) is 9.53. The fourth-order valence-electron chi connectivity index (χ4n) is 1.93. The van der Waals surface area contributed by atoms with Gasteiger partial charge in [0.1, 0.15) is 6.33 Å². The normalized spacial score (nSPS) is 10.6. The van der Waals surface area contributed by atoms with Crippen molar-refractivity contribution in [3.05, 3.63) is 40.4 Å². The summed E-state index contributed by atoms with van der Waals surface area (Å²) in [6, 6.07) is 6.39. The van der Waals surface area contributed by atoms with Crippen LogP contribution in [0.1, 0.15) is 25.0 Å². The summed E-state index contributed by atoms with van der Waals surface area (Å²) >= 11 is 5.23. The minimum Gasteiger partial charge on any atom is -0.274 e. The molecular weight excluding hydrogens is 218 g/mol. The summed E-state index contributed by atoms with van der Waals surface area (Å²) in [6.07, 6.45) is 3.74. The third-order valence-corrected chi connectivity index (χ3v) is 3.05. The Bertz CT molecular complexity index is 517. The van der Waals surface area contributed by atoms with Crippen molar-refractivity contribution in [2.75, 3.05) is 0 Å². The van der Waals surface area contributed by atoms with Crippen LogP contribution in [0.3, 0.4) is 0 Å². The Kier molecular flexibility index (Phi) is 3.19. The maximum absolute atomic E-state index is 5.23. The van der Waals surface area contributed by atoms with Crippen molar-refractivity contribution in [1.82, 2.24) is 14.8 Å². The topological polar surface area (TPSA) is 33.6 Å². The van der Waals surface area contributed by atoms with Gasteiger partial charge in [0, 0.05) is 0 Å².